The number of aliphatic hydroxyl groups excluding tert-OH is 1. The van der Waals surface area contributed by atoms with Crippen LogP contribution in [0.1, 0.15) is 39.0 Å². The summed E-state index contributed by atoms with van der Waals surface area (Å²) in [5, 5.41) is 10.2. The molecule has 1 aliphatic rings. The predicted octanol–water partition coefficient (Wildman–Crippen LogP) is 1.22. The van der Waals surface area contributed by atoms with Crippen molar-refractivity contribution in [3.05, 3.63) is 0 Å². The van der Waals surface area contributed by atoms with Crippen LogP contribution >= 0.6 is 0 Å². The number of ether oxygens (including phenoxy) is 1. The summed E-state index contributed by atoms with van der Waals surface area (Å²) in [5.74, 6) is 0.230. The van der Waals surface area contributed by atoms with Gasteiger partial charge >= 0.3 is 0 Å². The summed E-state index contributed by atoms with van der Waals surface area (Å²) in [6, 6.07) is 0. The van der Waals surface area contributed by atoms with Gasteiger partial charge in [0.1, 0.15) is 0 Å². The Morgan fingerprint density at radius 2 is 2.16 bits per heavy atom. The van der Waals surface area contributed by atoms with E-state index in [1.54, 1.807) is 7.11 Å². The molecule has 1 aliphatic heterocycles. The molecule has 1 rings (SSSR count). The molecule has 0 amide bonds. The third-order valence-electron chi connectivity index (χ3n) is 3.83. The van der Waals surface area contributed by atoms with Crippen molar-refractivity contribution >= 4 is 10.0 Å². The molecule has 19 heavy (non-hydrogen) atoms. The van der Waals surface area contributed by atoms with Crippen molar-refractivity contribution in [2.45, 2.75) is 51.2 Å². The lowest BCUT2D eigenvalue weighted by atomic mass is 9.91. The first-order valence-electron chi connectivity index (χ1n) is 7.04. The Morgan fingerprint density at radius 3 is 2.68 bits per heavy atom. The molecule has 0 aliphatic carbocycles. The van der Waals surface area contributed by atoms with Crippen LogP contribution in [0.2, 0.25) is 0 Å². The molecule has 0 aromatic carbocycles. The number of hydrogen-bond donors (Lipinski definition) is 1. The van der Waals surface area contributed by atoms with Gasteiger partial charge in [-0.25, -0.2) is 12.7 Å². The summed E-state index contributed by atoms with van der Waals surface area (Å²) in [4.78, 5) is 0. The smallest absolute Gasteiger partial charge is 0.211 e. The van der Waals surface area contributed by atoms with Gasteiger partial charge in [0.15, 0.2) is 0 Å². The Labute approximate surface area is 117 Å². The topological polar surface area (TPSA) is 66.8 Å². The Hall–Kier alpha value is -0.170. The Morgan fingerprint density at radius 1 is 1.47 bits per heavy atom. The second-order valence-corrected chi connectivity index (χ2v) is 7.48. The van der Waals surface area contributed by atoms with Crippen LogP contribution in [-0.4, -0.2) is 56.5 Å². The van der Waals surface area contributed by atoms with Gasteiger partial charge in [0.25, 0.3) is 0 Å². The van der Waals surface area contributed by atoms with Crippen molar-refractivity contribution in [1.82, 2.24) is 4.31 Å². The summed E-state index contributed by atoms with van der Waals surface area (Å²) in [5.41, 5.74) is 0. The minimum Gasteiger partial charge on any atom is -0.390 e. The first-order valence-corrected chi connectivity index (χ1v) is 8.89. The number of methoxy groups -OCH3 is 1. The Kier molecular flexibility index (Phi) is 6.73. The predicted molar refractivity (Wildman–Crippen MR) is 75.5 cm³/mol. The minimum absolute atomic E-state index is 0.140. The molecule has 1 heterocycles. The first kappa shape index (κ1) is 16.9. The van der Waals surface area contributed by atoms with E-state index in [2.05, 4.69) is 6.92 Å². The molecule has 1 saturated heterocycles. The molecule has 3 unspecified atom stereocenters. The van der Waals surface area contributed by atoms with Crippen molar-refractivity contribution in [3.8, 4) is 0 Å². The standard InChI is InChI=1S/C13H27NO4S/c1-4-6-13(18-2)12(15)9-11-7-5-8-14(10-11)19(3,16)17/h11-13,15H,4-10H2,1-3H3. The summed E-state index contributed by atoms with van der Waals surface area (Å²) in [7, 11) is -1.49. The zero-order valence-electron chi connectivity index (χ0n) is 12.2. The van der Waals surface area contributed by atoms with Crippen LogP contribution in [0.5, 0.6) is 0 Å². The zero-order valence-corrected chi connectivity index (χ0v) is 13.0. The van der Waals surface area contributed by atoms with Gasteiger partial charge < -0.3 is 9.84 Å². The number of nitrogens with zero attached hydrogens (tertiary/aromatic N) is 1. The molecule has 0 radical (unpaired) electrons. The highest BCUT2D eigenvalue weighted by atomic mass is 32.2. The molecule has 0 aromatic rings. The van der Waals surface area contributed by atoms with E-state index in [1.807, 2.05) is 0 Å². The molecule has 114 valence electrons. The highest BCUT2D eigenvalue weighted by Crippen LogP contribution is 2.24. The monoisotopic (exact) mass is 293 g/mol. The fourth-order valence-electron chi connectivity index (χ4n) is 2.77. The van der Waals surface area contributed by atoms with Crippen molar-refractivity contribution < 1.29 is 18.3 Å². The van der Waals surface area contributed by atoms with Gasteiger partial charge in [-0.3, -0.25) is 0 Å². The van der Waals surface area contributed by atoms with E-state index in [-0.39, 0.29) is 12.0 Å². The summed E-state index contributed by atoms with van der Waals surface area (Å²) >= 11 is 0. The van der Waals surface area contributed by atoms with E-state index in [0.717, 1.165) is 25.7 Å². The third-order valence-corrected chi connectivity index (χ3v) is 5.10. The molecule has 3 atom stereocenters. The van der Waals surface area contributed by atoms with Gasteiger partial charge in [-0.1, -0.05) is 13.3 Å². The molecule has 0 saturated carbocycles. The maximum atomic E-state index is 11.5. The van der Waals surface area contributed by atoms with Gasteiger partial charge in [-0.15, -0.1) is 0 Å². The third kappa shape index (κ3) is 5.38. The van der Waals surface area contributed by atoms with Gasteiger partial charge in [0, 0.05) is 20.2 Å². The number of sulfonamides is 1. The highest BCUT2D eigenvalue weighted by molar-refractivity contribution is 7.88. The van der Waals surface area contributed by atoms with Crippen LogP contribution in [0.15, 0.2) is 0 Å². The summed E-state index contributed by atoms with van der Waals surface area (Å²) < 4.78 is 29.9. The van der Waals surface area contributed by atoms with Crippen LogP contribution in [0.4, 0.5) is 0 Å². The molecule has 6 heteroatoms. The summed E-state index contributed by atoms with van der Waals surface area (Å²) in [6.45, 7) is 3.19. The molecule has 0 bridgehead atoms. The molecule has 0 aromatic heterocycles. The fraction of sp³-hybridized carbons (Fsp3) is 1.00. The second-order valence-electron chi connectivity index (χ2n) is 5.50. The van der Waals surface area contributed by atoms with Crippen LogP contribution in [0.25, 0.3) is 0 Å². The maximum absolute atomic E-state index is 11.5. The van der Waals surface area contributed by atoms with Crippen molar-refractivity contribution in [2.24, 2.45) is 5.92 Å². The van der Waals surface area contributed by atoms with Gasteiger partial charge in [-0.2, -0.15) is 0 Å². The van der Waals surface area contributed by atoms with E-state index >= 15 is 0 Å². The van der Waals surface area contributed by atoms with E-state index in [9.17, 15) is 13.5 Å². The number of rotatable bonds is 7. The average Bonchev–Trinajstić information content (AvgIpc) is 2.35. The zero-order chi connectivity index (χ0) is 14.5. The van der Waals surface area contributed by atoms with Gasteiger partial charge in [0.2, 0.25) is 10.0 Å². The largest absolute Gasteiger partial charge is 0.390 e. The van der Waals surface area contributed by atoms with Crippen LogP contribution in [0.3, 0.4) is 0 Å². The summed E-state index contributed by atoms with van der Waals surface area (Å²) in [6.07, 6.45) is 4.87. The lowest BCUT2D eigenvalue weighted by Gasteiger charge is -2.33. The van der Waals surface area contributed by atoms with E-state index < -0.39 is 16.1 Å². The molecular formula is C13H27NO4S. The number of hydrogen-bond acceptors (Lipinski definition) is 4. The van der Waals surface area contributed by atoms with E-state index in [1.165, 1.54) is 10.6 Å². The quantitative estimate of drug-likeness (QED) is 0.766. The van der Waals surface area contributed by atoms with E-state index in [4.69, 9.17) is 4.74 Å². The van der Waals surface area contributed by atoms with Crippen LogP contribution < -0.4 is 0 Å². The SMILES string of the molecule is CCCC(OC)C(O)CC1CCCN(S(C)(=O)=O)C1. The maximum Gasteiger partial charge on any atom is 0.211 e. The lowest BCUT2D eigenvalue weighted by molar-refractivity contribution is -0.0303. The van der Waals surface area contributed by atoms with Crippen molar-refractivity contribution in [2.75, 3.05) is 26.5 Å². The lowest BCUT2D eigenvalue weighted by Crippen LogP contribution is -2.41. The first-order chi connectivity index (χ1) is 8.88. The normalized spacial score (nSPS) is 25.2. The Balaban J connectivity index is 2.52. The number of aliphatic hydroxyl groups is 1. The molecular weight excluding hydrogens is 266 g/mol. The minimum atomic E-state index is -3.11. The van der Waals surface area contributed by atoms with E-state index in [0.29, 0.717) is 19.5 Å². The second kappa shape index (κ2) is 7.57. The van der Waals surface area contributed by atoms with Crippen LogP contribution in [0, 0.1) is 5.92 Å². The van der Waals surface area contributed by atoms with Crippen LogP contribution in [-0.2, 0) is 14.8 Å². The molecule has 1 fully saturated rings. The average molecular weight is 293 g/mol. The van der Waals surface area contributed by atoms with Crippen molar-refractivity contribution in [3.63, 3.8) is 0 Å². The number of piperidine rings is 1. The van der Waals surface area contributed by atoms with Gasteiger partial charge in [-0.05, 0) is 31.6 Å². The molecule has 0 spiro atoms. The fourth-order valence-corrected chi connectivity index (χ4v) is 3.71. The van der Waals surface area contributed by atoms with Crippen molar-refractivity contribution in [1.29, 1.82) is 0 Å². The van der Waals surface area contributed by atoms with Gasteiger partial charge in [0.05, 0.1) is 18.5 Å². The Bertz CT molecular complexity index is 358. The molecule has 1 N–H and O–H groups in total. The highest BCUT2D eigenvalue weighted by Gasteiger charge is 2.29. The molecule has 5 nitrogen and oxygen atoms in total.